The summed E-state index contributed by atoms with van der Waals surface area (Å²) in [7, 11) is 0. The van der Waals surface area contributed by atoms with Gasteiger partial charge >= 0.3 is 12.4 Å². The Labute approximate surface area is 170 Å². The van der Waals surface area contributed by atoms with Crippen molar-refractivity contribution in [3.05, 3.63) is 77.1 Å². The van der Waals surface area contributed by atoms with Gasteiger partial charge in [-0.15, -0.1) is 0 Å². The van der Waals surface area contributed by atoms with Gasteiger partial charge in [-0.25, -0.2) is 0 Å². The van der Waals surface area contributed by atoms with E-state index >= 15 is 0 Å². The van der Waals surface area contributed by atoms with Crippen molar-refractivity contribution in [2.75, 3.05) is 13.1 Å². The number of hydrogen-bond donors (Lipinski definition) is 1. The predicted octanol–water partition coefficient (Wildman–Crippen LogP) is 6.28. The number of hydrogen-bond acceptors (Lipinski definition) is 2. The molecule has 0 aliphatic carbocycles. The summed E-state index contributed by atoms with van der Waals surface area (Å²) in [5, 5.41) is 3.17. The van der Waals surface area contributed by atoms with E-state index in [2.05, 4.69) is 11.9 Å². The Kier molecular flexibility index (Phi) is 5.91. The summed E-state index contributed by atoms with van der Waals surface area (Å²) in [5.74, 6) is 0.221. The molecular formula is C22H21F6NO. The Morgan fingerprint density at radius 1 is 1.00 bits per heavy atom. The summed E-state index contributed by atoms with van der Waals surface area (Å²) >= 11 is 0. The van der Waals surface area contributed by atoms with E-state index in [0.29, 0.717) is 31.5 Å². The molecule has 0 aromatic heterocycles. The maximum Gasteiger partial charge on any atom is 0.416 e. The fourth-order valence-corrected chi connectivity index (χ4v) is 3.64. The van der Waals surface area contributed by atoms with Gasteiger partial charge in [0.15, 0.2) is 0 Å². The topological polar surface area (TPSA) is 21.3 Å². The molecular weight excluding hydrogens is 408 g/mol. The number of benzene rings is 1. The average Bonchev–Trinajstić information content (AvgIpc) is 2.66. The molecule has 3 rings (SSSR count). The SMILES string of the molecule is C=C1OC2(C=C(c3cc(C(F)(F)F)cc(C(F)(F)F)c3)/C1=C/C=C\C)CCNCC2. The van der Waals surface area contributed by atoms with Crippen LogP contribution in [0.4, 0.5) is 26.3 Å². The zero-order valence-corrected chi connectivity index (χ0v) is 16.3. The monoisotopic (exact) mass is 429 g/mol. The second kappa shape index (κ2) is 7.98. The molecule has 1 aromatic rings. The number of ether oxygens (including phenoxy) is 1. The Hall–Kier alpha value is -2.48. The summed E-state index contributed by atoms with van der Waals surface area (Å²) < 4.78 is 86.2. The molecule has 1 fully saturated rings. The number of halogens is 6. The number of rotatable bonds is 2. The minimum Gasteiger partial charge on any atom is -0.483 e. The second-order valence-corrected chi connectivity index (χ2v) is 7.30. The highest BCUT2D eigenvalue weighted by Crippen LogP contribution is 2.45. The van der Waals surface area contributed by atoms with Gasteiger partial charge in [-0.1, -0.05) is 24.8 Å². The maximum absolute atomic E-state index is 13.4. The number of nitrogens with one attached hydrogen (secondary N) is 1. The lowest BCUT2D eigenvalue weighted by atomic mass is 9.82. The first kappa shape index (κ1) is 22.2. The lowest BCUT2D eigenvalue weighted by Gasteiger charge is -2.41. The molecule has 1 N–H and O–H groups in total. The van der Waals surface area contributed by atoms with Crippen LogP contribution in [0.15, 0.2) is 60.4 Å². The number of alkyl halides is 6. The molecule has 1 saturated heterocycles. The van der Waals surface area contributed by atoms with Crippen LogP contribution in [0.2, 0.25) is 0 Å². The molecule has 0 radical (unpaired) electrons. The van der Waals surface area contributed by atoms with Crippen molar-refractivity contribution in [1.82, 2.24) is 5.32 Å². The minimum absolute atomic E-state index is 0.133. The minimum atomic E-state index is -4.92. The molecule has 30 heavy (non-hydrogen) atoms. The fraction of sp³-hybridized carbons (Fsp3) is 0.364. The van der Waals surface area contributed by atoms with Crippen molar-refractivity contribution in [2.45, 2.75) is 37.7 Å². The smallest absolute Gasteiger partial charge is 0.416 e. The van der Waals surface area contributed by atoms with Crippen LogP contribution in [0.3, 0.4) is 0 Å². The van der Waals surface area contributed by atoms with Crippen LogP contribution in [-0.4, -0.2) is 18.7 Å². The molecule has 0 amide bonds. The molecule has 0 atom stereocenters. The zero-order valence-electron chi connectivity index (χ0n) is 16.3. The summed E-state index contributed by atoms with van der Waals surface area (Å²) in [6.07, 6.45) is -2.23. The van der Waals surface area contributed by atoms with Crippen molar-refractivity contribution >= 4 is 5.57 Å². The molecule has 2 aliphatic rings. The van der Waals surface area contributed by atoms with Crippen LogP contribution in [-0.2, 0) is 17.1 Å². The molecule has 0 bridgehead atoms. The van der Waals surface area contributed by atoms with Gasteiger partial charge in [0.1, 0.15) is 11.4 Å². The third kappa shape index (κ3) is 4.64. The van der Waals surface area contributed by atoms with Crippen molar-refractivity contribution in [2.24, 2.45) is 0 Å². The van der Waals surface area contributed by atoms with E-state index in [9.17, 15) is 26.3 Å². The van der Waals surface area contributed by atoms with Crippen LogP contribution >= 0.6 is 0 Å². The highest BCUT2D eigenvalue weighted by molar-refractivity contribution is 5.85. The highest BCUT2D eigenvalue weighted by Gasteiger charge is 2.40. The van der Waals surface area contributed by atoms with Crippen LogP contribution in [0, 0.1) is 0 Å². The third-order valence-electron chi connectivity index (χ3n) is 5.13. The average molecular weight is 429 g/mol. The number of allylic oxidation sites excluding steroid dienone is 4. The second-order valence-electron chi connectivity index (χ2n) is 7.30. The Balaban J connectivity index is 2.25. The van der Waals surface area contributed by atoms with Crippen molar-refractivity contribution < 1.29 is 31.1 Å². The first-order chi connectivity index (χ1) is 14.0. The Morgan fingerprint density at radius 3 is 2.07 bits per heavy atom. The summed E-state index contributed by atoms with van der Waals surface area (Å²) in [6, 6.07) is 1.63. The number of piperidine rings is 1. The van der Waals surface area contributed by atoms with E-state index in [1.54, 1.807) is 31.2 Å². The van der Waals surface area contributed by atoms with Crippen molar-refractivity contribution in [3.8, 4) is 0 Å². The Bertz CT molecular complexity index is 882. The first-order valence-corrected chi connectivity index (χ1v) is 9.40. The van der Waals surface area contributed by atoms with Crippen LogP contribution < -0.4 is 5.32 Å². The molecule has 2 heterocycles. The lowest BCUT2D eigenvalue weighted by Crippen LogP contribution is -2.44. The molecule has 162 valence electrons. The van der Waals surface area contributed by atoms with E-state index < -0.39 is 29.1 Å². The van der Waals surface area contributed by atoms with E-state index in [0.717, 1.165) is 12.1 Å². The third-order valence-corrected chi connectivity index (χ3v) is 5.13. The first-order valence-electron chi connectivity index (χ1n) is 9.40. The van der Waals surface area contributed by atoms with Gasteiger partial charge in [0, 0.05) is 18.4 Å². The maximum atomic E-state index is 13.4. The largest absolute Gasteiger partial charge is 0.483 e. The standard InChI is InChI=1S/C22H21F6NO/c1-3-4-5-18-14(2)30-20(6-8-29-9-7-20)13-19(18)15-10-16(21(23,24)25)12-17(11-15)22(26,27)28/h3-5,10-13,29H,2,6-9H2,1H3/b4-3-,18-5+. The molecule has 1 spiro atoms. The van der Waals surface area contributed by atoms with E-state index in [1.165, 1.54) is 0 Å². The van der Waals surface area contributed by atoms with Crippen LogP contribution in [0.5, 0.6) is 0 Å². The molecule has 0 saturated carbocycles. The molecule has 1 aromatic carbocycles. The van der Waals surface area contributed by atoms with Gasteiger partial charge in [-0.3, -0.25) is 0 Å². The molecule has 0 unspecified atom stereocenters. The van der Waals surface area contributed by atoms with Gasteiger partial charge in [0.05, 0.1) is 11.1 Å². The van der Waals surface area contributed by atoms with E-state index in [-0.39, 0.29) is 23.0 Å². The summed E-state index contributed by atoms with van der Waals surface area (Å²) in [4.78, 5) is 0. The van der Waals surface area contributed by atoms with Gasteiger partial charge in [-0.05, 0) is 55.4 Å². The van der Waals surface area contributed by atoms with E-state index in [4.69, 9.17) is 4.74 Å². The van der Waals surface area contributed by atoms with Gasteiger partial charge in [0.2, 0.25) is 0 Å². The van der Waals surface area contributed by atoms with Gasteiger partial charge in [0.25, 0.3) is 0 Å². The predicted molar refractivity (Wildman–Crippen MR) is 102 cm³/mol. The normalized spacial score (nSPS) is 21.2. The van der Waals surface area contributed by atoms with Crippen molar-refractivity contribution in [3.63, 3.8) is 0 Å². The molecule has 8 heteroatoms. The van der Waals surface area contributed by atoms with Crippen LogP contribution in [0.25, 0.3) is 5.57 Å². The molecule has 2 nitrogen and oxygen atoms in total. The molecule has 2 aliphatic heterocycles. The van der Waals surface area contributed by atoms with E-state index in [1.807, 2.05) is 0 Å². The van der Waals surface area contributed by atoms with Crippen molar-refractivity contribution in [1.29, 1.82) is 0 Å². The Morgan fingerprint density at radius 2 is 1.57 bits per heavy atom. The quantitative estimate of drug-likeness (QED) is 0.559. The van der Waals surface area contributed by atoms with Gasteiger partial charge < -0.3 is 10.1 Å². The summed E-state index contributed by atoms with van der Waals surface area (Å²) in [6.45, 7) is 6.85. The fourth-order valence-electron chi connectivity index (χ4n) is 3.64. The van der Waals surface area contributed by atoms with Crippen LogP contribution in [0.1, 0.15) is 36.5 Å². The lowest BCUT2D eigenvalue weighted by molar-refractivity contribution is -0.143. The highest BCUT2D eigenvalue weighted by atomic mass is 19.4. The summed E-state index contributed by atoms with van der Waals surface area (Å²) in [5.41, 5.74) is -3.09. The zero-order chi connectivity index (χ0) is 22.2. The van der Waals surface area contributed by atoms with Gasteiger partial charge in [-0.2, -0.15) is 26.3 Å².